The lowest BCUT2D eigenvalue weighted by atomic mass is 10.1. The van der Waals surface area contributed by atoms with E-state index in [1.807, 2.05) is 0 Å². The Bertz CT molecular complexity index is 1180. The minimum absolute atomic E-state index is 0.0554. The fourth-order valence-electron chi connectivity index (χ4n) is 3.59. The molecule has 0 radical (unpaired) electrons. The van der Waals surface area contributed by atoms with Gasteiger partial charge in [0.25, 0.3) is 0 Å². The predicted octanol–water partition coefficient (Wildman–Crippen LogP) is -1.88. The van der Waals surface area contributed by atoms with Crippen LogP contribution in [0, 0.1) is 5.92 Å². The van der Waals surface area contributed by atoms with E-state index in [-0.39, 0.29) is 39.1 Å². The second-order valence-corrected chi connectivity index (χ2v) is 9.62. The molecule has 0 saturated heterocycles. The van der Waals surface area contributed by atoms with Crippen molar-refractivity contribution in [1.29, 1.82) is 0 Å². The summed E-state index contributed by atoms with van der Waals surface area (Å²) >= 11 is 0. The Morgan fingerprint density at radius 3 is 2.23 bits per heavy atom. The van der Waals surface area contributed by atoms with E-state index in [1.54, 1.807) is 24.3 Å². The summed E-state index contributed by atoms with van der Waals surface area (Å²) in [6.45, 7) is 1.94. The number of amides is 6. The van der Waals surface area contributed by atoms with Crippen LogP contribution >= 0.6 is 0 Å². The molecule has 0 heterocycles. The normalized spacial score (nSPS) is 12.4. The molecule has 0 aliphatic carbocycles. The Hall–Kier alpha value is -5.06. The molecule has 242 valence electrons. The third-order valence-electron chi connectivity index (χ3n) is 5.84. The van der Waals surface area contributed by atoms with E-state index in [2.05, 4.69) is 31.9 Å². The molecule has 17 nitrogen and oxygen atoms in total. The van der Waals surface area contributed by atoms with Gasteiger partial charge < -0.3 is 52.3 Å². The van der Waals surface area contributed by atoms with Gasteiger partial charge in [0, 0.05) is 31.6 Å². The van der Waals surface area contributed by atoms with Crippen molar-refractivity contribution in [1.82, 2.24) is 26.6 Å². The summed E-state index contributed by atoms with van der Waals surface area (Å²) in [5, 5.41) is 23.8. The van der Waals surface area contributed by atoms with Crippen molar-refractivity contribution in [3.05, 3.63) is 29.8 Å². The van der Waals surface area contributed by atoms with Gasteiger partial charge in [-0.2, -0.15) is 0 Å². The van der Waals surface area contributed by atoms with Crippen molar-refractivity contribution >= 4 is 53.6 Å². The van der Waals surface area contributed by atoms with Gasteiger partial charge in [-0.3, -0.25) is 28.8 Å². The minimum Gasteiger partial charge on any atom is -0.481 e. The summed E-state index contributed by atoms with van der Waals surface area (Å²) in [5.74, 6) is -5.45. The molecular weight excluding hydrogens is 582 g/mol. The Kier molecular flexibility index (Phi) is 16.8. The molecule has 0 aliphatic rings. The van der Waals surface area contributed by atoms with Crippen molar-refractivity contribution in [2.24, 2.45) is 11.7 Å². The van der Waals surface area contributed by atoms with Crippen LogP contribution < -0.4 is 37.6 Å². The molecule has 1 rings (SSSR count). The second-order valence-electron chi connectivity index (χ2n) is 9.62. The zero-order valence-corrected chi connectivity index (χ0v) is 24.5. The largest absolute Gasteiger partial charge is 0.481 e. The van der Waals surface area contributed by atoms with Crippen molar-refractivity contribution in [2.75, 3.05) is 31.5 Å². The summed E-state index contributed by atoms with van der Waals surface area (Å²) in [4.78, 5) is 94.3. The Balaban J connectivity index is 2.85. The maximum Gasteiger partial charge on any atom is 0.312 e. The number of hydrogen-bond acceptors (Lipinski definition) is 10. The number of primary amides is 1. The first-order valence-electron chi connectivity index (χ1n) is 13.6. The van der Waals surface area contributed by atoms with Crippen LogP contribution in [-0.2, 0) is 44.9 Å². The van der Waals surface area contributed by atoms with Crippen LogP contribution in [0.5, 0.6) is 0 Å². The summed E-state index contributed by atoms with van der Waals surface area (Å²) in [7, 11) is 0. The number of carbonyl (C=O) groups excluding carboxylic acids is 7. The molecule has 6 amide bonds. The number of benzene rings is 1. The molecule has 9 N–H and O–H groups in total. The van der Waals surface area contributed by atoms with Gasteiger partial charge in [0.2, 0.25) is 23.6 Å². The van der Waals surface area contributed by atoms with Gasteiger partial charge in [0.05, 0.1) is 19.5 Å². The van der Waals surface area contributed by atoms with E-state index in [0.29, 0.717) is 17.5 Å². The molecule has 3 unspecified atom stereocenters. The lowest BCUT2D eigenvalue weighted by Gasteiger charge is -2.21. The Morgan fingerprint density at radius 2 is 1.64 bits per heavy atom. The highest BCUT2D eigenvalue weighted by Crippen LogP contribution is 2.12. The topological polar surface area (TPSA) is 264 Å². The smallest absolute Gasteiger partial charge is 0.312 e. The first-order chi connectivity index (χ1) is 20.8. The third kappa shape index (κ3) is 15.8. The van der Waals surface area contributed by atoms with E-state index < -0.39 is 72.6 Å². The number of nitrogens with one attached hydrogen (secondary N) is 6. The molecular formula is C27H39N7O10. The van der Waals surface area contributed by atoms with Crippen LogP contribution in [0.4, 0.5) is 10.5 Å². The van der Waals surface area contributed by atoms with Crippen LogP contribution in [0.3, 0.4) is 0 Å². The third-order valence-corrected chi connectivity index (χ3v) is 5.84. The summed E-state index contributed by atoms with van der Waals surface area (Å²) < 4.78 is 4.92. The van der Waals surface area contributed by atoms with Crippen LogP contribution in [0.1, 0.15) is 38.7 Å². The monoisotopic (exact) mass is 621 g/mol. The van der Waals surface area contributed by atoms with Crippen molar-refractivity contribution in [3.8, 4) is 0 Å². The lowest BCUT2D eigenvalue weighted by molar-refractivity contribution is -0.142. The molecule has 0 aromatic heterocycles. The van der Waals surface area contributed by atoms with Gasteiger partial charge >= 0.3 is 18.0 Å². The fraction of sp³-hybridized carbons (Fsp3) is 0.481. The summed E-state index contributed by atoms with van der Waals surface area (Å²) in [5.41, 5.74) is 6.14. The number of anilines is 1. The number of rotatable bonds is 20. The zero-order chi connectivity index (χ0) is 33.1. The van der Waals surface area contributed by atoms with Crippen molar-refractivity contribution in [2.45, 2.75) is 51.8 Å². The SMILES string of the molecule is CC(=O)OCc1ccc(NC(=O)C(CCCNC(N)=O)NC(=O)CNC(=O)C(CNCC=O)NC(=O)C(C)CC(=O)O)cc1. The molecule has 0 saturated carbocycles. The molecule has 0 aliphatic heterocycles. The average Bonchev–Trinajstić information content (AvgIpc) is 2.95. The van der Waals surface area contributed by atoms with E-state index in [4.69, 9.17) is 15.6 Å². The summed E-state index contributed by atoms with van der Waals surface area (Å²) in [6.07, 6.45) is 0.423. The zero-order valence-electron chi connectivity index (χ0n) is 24.5. The average molecular weight is 622 g/mol. The highest BCUT2D eigenvalue weighted by atomic mass is 16.5. The molecule has 3 atom stereocenters. The van der Waals surface area contributed by atoms with Gasteiger partial charge in [-0.1, -0.05) is 19.1 Å². The number of carboxylic acid groups (broad SMARTS) is 1. The van der Waals surface area contributed by atoms with Gasteiger partial charge in [0.1, 0.15) is 25.0 Å². The molecule has 1 aromatic carbocycles. The summed E-state index contributed by atoms with van der Waals surface area (Å²) in [6, 6.07) is 3.35. The van der Waals surface area contributed by atoms with Gasteiger partial charge in [-0.25, -0.2) is 4.79 Å². The van der Waals surface area contributed by atoms with Crippen LogP contribution in [-0.4, -0.2) is 91.3 Å². The Morgan fingerprint density at radius 1 is 0.955 bits per heavy atom. The van der Waals surface area contributed by atoms with E-state index >= 15 is 0 Å². The standard InChI is InChI=1S/C27H39N7O10/c1-16(12-23(38)39)24(40)34-21(13-29-10-11-35)25(41)31-14-22(37)33-20(4-3-9-30-27(28)43)26(42)32-19-7-5-18(6-8-19)15-44-17(2)36/h5-8,11,16,20-21,29H,3-4,9-10,12-15H2,1-2H3,(H,31,41)(H,32,42)(H,33,37)(H,34,40)(H,38,39)(H3,28,30,43). The van der Waals surface area contributed by atoms with Crippen LogP contribution in [0.2, 0.25) is 0 Å². The maximum atomic E-state index is 13.0. The van der Waals surface area contributed by atoms with Crippen molar-refractivity contribution in [3.63, 3.8) is 0 Å². The number of nitrogens with two attached hydrogens (primary N) is 1. The first-order valence-corrected chi connectivity index (χ1v) is 13.6. The maximum absolute atomic E-state index is 13.0. The van der Waals surface area contributed by atoms with E-state index in [9.17, 15) is 38.4 Å². The molecule has 0 bridgehead atoms. The molecule has 1 aromatic rings. The van der Waals surface area contributed by atoms with Gasteiger partial charge in [-0.05, 0) is 30.5 Å². The predicted molar refractivity (Wildman–Crippen MR) is 155 cm³/mol. The molecule has 44 heavy (non-hydrogen) atoms. The fourth-order valence-corrected chi connectivity index (χ4v) is 3.59. The molecule has 0 spiro atoms. The van der Waals surface area contributed by atoms with E-state index in [0.717, 1.165) is 0 Å². The number of urea groups is 1. The van der Waals surface area contributed by atoms with Gasteiger partial charge in [0.15, 0.2) is 0 Å². The van der Waals surface area contributed by atoms with Crippen LogP contribution in [0.15, 0.2) is 24.3 Å². The lowest BCUT2D eigenvalue weighted by Crippen LogP contribution is -2.55. The highest BCUT2D eigenvalue weighted by molar-refractivity contribution is 5.98. The highest BCUT2D eigenvalue weighted by Gasteiger charge is 2.26. The number of ether oxygens (including phenoxy) is 1. The number of aliphatic carboxylic acids is 1. The Labute approximate surface area is 253 Å². The van der Waals surface area contributed by atoms with Crippen LogP contribution in [0.25, 0.3) is 0 Å². The van der Waals surface area contributed by atoms with Crippen molar-refractivity contribution < 1.29 is 48.2 Å². The molecule has 0 fully saturated rings. The van der Waals surface area contributed by atoms with E-state index in [1.165, 1.54) is 13.8 Å². The first kappa shape index (κ1) is 37.0. The number of carbonyl (C=O) groups is 8. The van der Waals surface area contributed by atoms with Gasteiger partial charge in [-0.15, -0.1) is 0 Å². The number of hydrogen-bond donors (Lipinski definition) is 8. The molecule has 17 heteroatoms. The number of esters is 1. The quantitative estimate of drug-likeness (QED) is 0.0454. The number of aldehydes is 1. The second kappa shape index (κ2) is 20.0. The minimum atomic E-state index is -1.24. The number of carboxylic acids is 1.